The summed E-state index contributed by atoms with van der Waals surface area (Å²) in [4.78, 5) is 40.5. The second kappa shape index (κ2) is 6.05. The molecule has 114 valence electrons. The number of hydrogen-bond acceptors (Lipinski definition) is 5. The van der Waals surface area contributed by atoms with E-state index in [0.29, 0.717) is 18.8 Å². The lowest BCUT2D eigenvalue weighted by Crippen LogP contribution is -2.40. The van der Waals surface area contributed by atoms with Gasteiger partial charge in [-0.05, 0) is 25.8 Å². The number of carbonyl (C=O) groups is 1. The predicted molar refractivity (Wildman–Crippen MR) is 79.5 cm³/mol. The van der Waals surface area contributed by atoms with Crippen molar-refractivity contribution in [2.24, 2.45) is 0 Å². The van der Waals surface area contributed by atoms with Gasteiger partial charge in [0.15, 0.2) is 0 Å². The molecule has 0 saturated carbocycles. The highest BCUT2D eigenvalue weighted by molar-refractivity contribution is 5.92. The summed E-state index contributed by atoms with van der Waals surface area (Å²) >= 11 is 0. The average Bonchev–Trinajstić information content (AvgIpc) is 2.54. The van der Waals surface area contributed by atoms with Crippen molar-refractivity contribution in [3.63, 3.8) is 0 Å². The van der Waals surface area contributed by atoms with Crippen molar-refractivity contribution in [2.75, 3.05) is 13.1 Å². The van der Waals surface area contributed by atoms with Crippen LogP contribution in [0.3, 0.4) is 0 Å². The number of amides is 1. The van der Waals surface area contributed by atoms with Crippen molar-refractivity contribution in [3.05, 3.63) is 52.2 Å². The molecule has 7 heteroatoms. The summed E-state index contributed by atoms with van der Waals surface area (Å²) in [6, 6.07) is 1.61. The van der Waals surface area contributed by atoms with E-state index < -0.39 is 5.69 Å². The summed E-state index contributed by atoms with van der Waals surface area (Å²) in [6.45, 7) is 2.98. The van der Waals surface area contributed by atoms with Crippen molar-refractivity contribution in [1.29, 1.82) is 0 Å². The van der Waals surface area contributed by atoms with Gasteiger partial charge in [-0.25, -0.2) is 4.79 Å². The number of nitrogens with one attached hydrogen (secondary N) is 1. The molecule has 1 aliphatic rings. The molecule has 0 aliphatic carbocycles. The Bertz CT molecular complexity index is 728. The van der Waals surface area contributed by atoms with Crippen LogP contribution in [0, 0.1) is 6.92 Å². The van der Waals surface area contributed by atoms with Crippen LogP contribution in [-0.2, 0) is 0 Å². The third kappa shape index (κ3) is 3.03. The first-order chi connectivity index (χ1) is 10.6. The molecule has 1 atom stereocenters. The molecule has 0 bridgehead atoms. The van der Waals surface area contributed by atoms with E-state index in [0.717, 1.165) is 18.5 Å². The summed E-state index contributed by atoms with van der Waals surface area (Å²) < 4.78 is 0. The second-order valence-corrected chi connectivity index (χ2v) is 5.48. The first kappa shape index (κ1) is 14.4. The van der Waals surface area contributed by atoms with E-state index in [2.05, 4.69) is 19.9 Å². The molecular weight excluding hydrogens is 282 g/mol. The Hall–Kier alpha value is -2.57. The minimum Gasteiger partial charge on any atom is -0.337 e. The first-order valence-electron chi connectivity index (χ1n) is 7.26. The molecule has 2 aromatic heterocycles. The molecule has 1 amide bonds. The number of H-pyrrole nitrogens is 1. The second-order valence-electron chi connectivity index (χ2n) is 5.48. The fraction of sp³-hybridized carbons (Fsp3) is 0.400. The van der Waals surface area contributed by atoms with Gasteiger partial charge < -0.3 is 9.88 Å². The Morgan fingerprint density at radius 3 is 3.00 bits per heavy atom. The quantitative estimate of drug-likeness (QED) is 0.889. The number of hydrogen-bond donors (Lipinski definition) is 1. The lowest BCUT2D eigenvalue weighted by atomic mass is 9.95. The van der Waals surface area contributed by atoms with E-state index in [1.165, 1.54) is 0 Å². The molecule has 1 N–H and O–H groups in total. The fourth-order valence-corrected chi connectivity index (χ4v) is 2.78. The van der Waals surface area contributed by atoms with Crippen molar-refractivity contribution in [2.45, 2.75) is 25.7 Å². The van der Waals surface area contributed by atoms with Crippen LogP contribution >= 0.6 is 0 Å². The lowest BCUT2D eigenvalue weighted by Gasteiger charge is -2.32. The molecule has 1 fully saturated rings. The van der Waals surface area contributed by atoms with Crippen molar-refractivity contribution >= 4 is 5.91 Å². The van der Waals surface area contributed by atoms with Crippen LogP contribution < -0.4 is 5.69 Å². The van der Waals surface area contributed by atoms with Crippen LogP contribution in [0.4, 0.5) is 0 Å². The zero-order chi connectivity index (χ0) is 15.5. The molecule has 0 spiro atoms. The Morgan fingerprint density at radius 2 is 2.27 bits per heavy atom. The van der Waals surface area contributed by atoms with Gasteiger partial charge in [-0.15, -0.1) is 0 Å². The number of piperidine rings is 1. The van der Waals surface area contributed by atoms with Crippen LogP contribution in [-0.4, -0.2) is 43.8 Å². The van der Waals surface area contributed by atoms with E-state index in [1.54, 1.807) is 36.5 Å². The van der Waals surface area contributed by atoms with Crippen molar-refractivity contribution in [3.8, 4) is 0 Å². The third-order valence-corrected chi connectivity index (χ3v) is 3.81. The zero-order valence-electron chi connectivity index (χ0n) is 12.3. The Morgan fingerprint density at radius 1 is 1.41 bits per heavy atom. The van der Waals surface area contributed by atoms with Gasteiger partial charge in [0.1, 0.15) is 5.69 Å². The van der Waals surface area contributed by atoms with Gasteiger partial charge in [0.05, 0.1) is 5.69 Å². The molecule has 1 saturated heterocycles. The van der Waals surface area contributed by atoms with Gasteiger partial charge in [0.2, 0.25) is 0 Å². The molecule has 0 aromatic carbocycles. The summed E-state index contributed by atoms with van der Waals surface area (Å²) in [5, 5.41) is 0. The van der Waals surface area contributed by atoms with Crippen molar-refractivity contribution < 1.29 is 4.79 Å². The summed E-state index contributed by atoms with van der Waals surface area (Å²) in [5.41, 5.74) is 1.23. The molecule has 3 heterocycles. The molecule has 7 nitrogen and oxygen atoms in total. The predicted octanol–water partition coefficient (Wildman–Crippen LogP) is 0.888. The Kier molecular flexibility index (Phi) is 3.95. The normalized spacial score (nSPS) is 18.2. The highest BCUT2D eigenvalue weighted by atomic mass is 16.2. The molecule has 0 unspecified atom stereocenters. The van der Waals surface area contributed by atoms with Gasteiger partial charge in [-0.1, -0.05) is 0 Å². The summed E-state index contributed by atoms with van der Waals surface area (Å²) in [5.74, 6) is -0.0303. The van der Waals surface area contributed by atoms with Crippen LogP contribution in [0.2, 0.25) is 0 Å². The molecule has 2 aromatic rings. The largest absolute Gasteiger partial charge is 0.345 e. The number of aryl methyl sites for hydroxylation is 1. The van der Waals surface area contributed by atoms with Gasteiger partial charge in [0.25, 0.3) is 5.91 Å². The summed E-state index contributed by atoms with van der Waals surface area (Å²) in [6.07, 6.45) is 6.92. The Labute approximate surface area is 127 Å². The monoisotopic (exact) mass is 299 g/mol. The van der Waals surface area contributed by atoms with Gasteiger partial charge in [0, 0.05) is 43.3 Å². The smallest absolute Gasteiger partial charge is 0.337 e. The SMILES string of the molecule is Cc1cc(C(=O)N2CCC[C@H](c3cnccn3)C2)nc(=O)[nH]1. The summed E-state index contributed by atoms with van der Waals surface area (Å²) in [7, 11) is 0. The van der Waals surface area contributed by atoms with Crippen LogP contribution in [0.1, 0.15) is 40.6 Å². The maximum atomic E-state index is 12.6. The van der Waals surface area contributed by atoms with Crippen LogP contribution in [0.5, 0.6) is 0 Å². The maximum Gasteiger partial charge on any atom is 0.345 e. The highest BCUT2D eigenvalue weighted by Gasteiger charge is 2.27. The molecule has 22 heavy (non-hydrogen) atoms. The minimum absolute atomic E-state index is 0.175. The number of rotatable bonds is 2. The van der Waals surface area contributed by atoms with Gasteiger partial charge in [-0.3, -0.25) is 14.8 Å². The molecule has 1 aliphatic heterocycles. The average molecular weight is 299 g/mol. The lowest BCUT2D eigenvalue weighted by molar-refractivity contribution is 0.0699. The first-order valence-corrected chi connectivity index (χ1v) is 7.26. The van der Waals surface area contributed by atoms with Gasteiger partial charge in [-0.2, -0.15) is 4.98 Å². The van der Waals surface area contributed by atoms with E-state index in [1.807, 2.05) is 0 Å². The van der Waals surface area contributed by atoms with E-state index in [-0.39, 0.29) is 17.5 Å². The highest BCUT2D eigenvalue weighted by Crippen LogP contribution is 2.25. The zero-order valence-corrected chi connectivity index (χ0v) is 12.3. The number of likely N-dealkylation sites (tertiary alicyclic amines) is 1. The maximum absolute atomic E-state index is 12.6. The van der Waals surface area contributed by atoms with Crippen LogP contribution in [0.15, 0.2) is 29.5 Å². The fourth-order valence-electron chi connectivity index (χ4n) is 2.78. The van der Waals surface area contributed by atoms with Crippen molar-refractivity contribution in [1.82, 2.24) is 24.8 Å². The van der Waals surface area contributed by atoms with E-state index in [9.17, 15) is 9.59 Å². The minimum atomic E-state index is -0.495. The van der Waals surface area contributed by atoms with Crippen LogP contribution in [0.25, 0.3) is 0 Å². The Balaban J connectivity index is 1.79. The molecular formula is C15H17N5O2. The number of carbonyl (C=O) groups excluding carboxylic acids is 1. The topological polar surface area (TPSA) is 91.8 Å². The standard InChI is InChI=1S/C15H17N5O2/c1-10-7-12(19-15(22)18-10)14(21)20-6-2-3-11(9-20)13-8-16-4-5-17-13/h4-5,7-8,11H,2-3,6,9H2,1H3,(H,18,19,22)/t11-/m0/s1. The van der Waals surface area contributed by atoms with E-state index >= 15 is 0 Å². The number of aromatic amines is 1. The number of aromatic nitrogens is 4. The third-order valence-electron chi connectivity index (χ3n) is 3.81. The molecule has 0 radical (unpaired) electrons. The van der Waals surface area contributed by atoms with E-state index in [4.69, 9.17) is 0 Å². The van der Waals surface area contributed by atoms with Gasteiger partial charge >= 0.3 is 5.69 Å². The molecule has 3 rings (SSSR count). The number of nitrogens with zero attached hydrogens (tertiary/aromatic N) is 4.